The average molecular weight is 341 g/mol. The number of pyridine rings is 1. The molecule has 0 radical (unpaired) electrons. The Balaban J connectivity index is 1.54. The van der Waals surface area contributed by atoms with Crippen LogP contribution in [0.15, 0.2) is 55.0 Å². The molecule has 0 bridgehead atoms. The first kappa shape index (κ1) is 16.2. The monoisotopic (exact) mass is 340 g/mol. The van der Waals surface area contributed by atoms with Gasteiger partial charge in [0.25, 0.3) is 0 Å². The third kappa shape index (κ3) is 4.20. The van der Waals surface area contributed by atoms with E-state index in [-0.39, 0.29) is 5.91 Å². The van der Waals surface area contributed by atoms with Gasteiger partial charge in [-0.15, -0.1) is 0 Å². The SMILES string of the molecule is Cn1cc(-c2ccc(CNC(=O)Cc3ccc(Cl)cc3)cn2)cn1. The highest BCUT2D eigenvalue weighted by Gasteiger charge is 2.05. The highest BCUT2D eigenvalue weighted by molar-refractivity contribution is 6.30. The number of nitrogens with one attached hydrogen (secondary N) is 1. The van der Waals surface area contributed by atoms with Gasteiger partial charge >= 0.3 is 0 Å². The van der Waals surface area contributed by atoms with Crippen molar-refractivity contribution in [2.75, 3.05) is 0 Å². The molecule has 0 fully saturated rings. The predicted molar refractivity (Wildman–Crippen MR) is 93.4 cm³/mol. The van der Waals surface area contributed by atoms with Crippen LogP contribution in [-0.2, 0) is 24.8 Å². The molecule has 2 heterocycles. The van der Waals surface area contributed by atoms with E-state index < -0.39 is 0 Å². The van der Waals surface area contributed by atoms with Crippen molar-refractivity contribution in [2.45, 2.75) is 13.0 Å². The van der Waals surface area contributed by atoms with Gasteiger partial charge in [0.05, 0.1) is 18.3 Å². The van der Waals surface area contributed by atoms with Gasteiger partial charge in [0.1, 0.15) is 0 Å². The number of hydrogen-bond donors (Lipinski definition) is 1. The molecule has 1 amide bonds. The van der Waals surface area contributed by atoms with Crippen molar-refractivity contribution in [2.24, 2.45) is 7.05 Å². The van der Waals surface area contributed by atoms with Crippen LogP contribution in [-0.4, -0.2) is 20.7 Å². The minimum absolute atomic E-state index is 0.0336. The number of carbonyl (C=O) groups is 1. The van der Waals surface area contributed by atoms with E-state index >= 15 is 0 Å². The first-order chi connectivity index (χ1) is 11.6. The van der Waals surface area contributed by atoms with Crippen molar-refractivity contribution >= 4 is 17.5 Å². The lowest BCUT2D eigenvalue weighted by molar-refractivity contribution is -0.120. The summed E-state index contributed by atoms with van der Waals surface area (Å²) < 4.78 is 1.74. The van der Waals surface area contributed by atoms with Crippen LogP contribution in [0, 0.1) is 0 Å². The number of hydrogen-bond acceptors (Lipinski definition) is 3. The lowest BCUT2D eigenvalue weighted by Crippen LogP contribution is -2.24. The second-order valence-electron chi connectivity index (χ2n) is 5.53. The normalized spacial score (nSPS) is 10.6. The van der Waals surface area contributed by atoms with Gasteiger partial charge in [-0.2, -0.15) is 5.10 Å². The summed E-state index contributed by atoms with van der Waals surface area (Å²) in [6, 6.07) is 11.2. The molecule has 0 aliphatic heterocycles. The molecule has 0 saturated heterocycles. The van der Waals surface area contributed by atoms with Gasteiger partial charge in [0, 0.05) is 36.6 Å². The third-order valence-electron chi connectivity index (χ3n) is 3.59. The van der Waals surface area contributed by atoms with Gasteiger partial charge in [-0.25, -0.2) is 0 Å². The molecule has 24 heavy (non-hydrogen) atoms. The lowest BCUT2D eigenvalue weighted by atomic mass is 10.1. The average Bonchev–Trinajstić information content (AvgIpc) is 3.02. The van der Waals surface area contributed by atoms with Crippen LogP contribution in [0.2, 0.25) is 5.02 Å². The zero-order valence-electron chi connectivity index (χ0n) is 13.2. The molecule has 3 aromatic rings. The first-order valence-electron chi connectivity index (χ1n) is 7.55. The van der Waals surface area contributed by atoms with Gasteiger partial charge in [-0.3, -0.25) is 14.5 Å². The number of halogens is 1. The van der Waals surface area contributed by atoms with Crippen LogP contribution in [0.4, 0.5) is 0 Å². The smallest absolute Gasteiger partial charge is 0.224 e. The van der Waals surface area contributed by atoms with E-state index in [9.17, 15) is 4.79 Å². The predicted octanol–water partition coefficient (Wildman–Crippen LogP) is 2.99. The summed E-state index contributed by atoms with van der Waals surface area (Å²) in [5.41, 5.74) is 3.71. The minimum Gasteiger partial charge on any atom is -0.352 e. The molecule has 0 unspecified atom stereocenters. The molecule has 6 heteroatoms. The molecule has 0 aliphatic rings. The molecule has 3 rings (SSSR count). The van der Waals surface area contributed by atoms with E-state index in [0.29, 0.717) is 18.0 Å². The molecule has 1 N–H and O–H groups in total. The van der Waals surface area contributed by atoms with Crippen molar-refractivity contribution in [1.82, 2.24) is 20.1 Å². The summed E-state index contributed by atoms with van der Waals surface area (Å²) >= 11 is 5.84. The maximum Gasteiger partial charge on any atom is 0.224 e. The van der Waals surface area contributed by atoms with Gasteiger partial charge in [0.15, 0.2) is 0 Å². The van der Waals surface area contributed by atoms with Gasteiger partial charge in [0.2, 0.25) is 5.91 Å². The number of benzene rings is 1. The van der Waals surface area contributed by atoms with Crippen molar-refractivity contribution in [1.29, 1.82) is 0 Å². The fraction of sp³-hybridized carbons (Fsp3) is 0.167. The van der Waals surface area contributed by atoms with Gasteiger partial charge < -0.3 is 5.32 Å². The summed E-state index contributed by atoms with van der Waals surface area (Å²) in [5.74, 6) is -0.0336. The number of rotatable bonds is 5. The Morgan fingerprint density at radius 2 is 1.88 bits per heavy atom. The Bertz CT molecular complexity index is 825. The van der Waals surface area contributed by atoms with E-state index in [2.05, 4.69) is 15.4 Å². The van der Waals surface area contributed by atoms with Crippen LogP contribution in [0.25, 0.3) is 11.3 Å². The Kier molecular flexibility index (Phi) is 4.91. The van der Waals surface area contributed by atoms with Crippen molar-refractivity contribution < 1.29 is 4.79 Å². The largest absolute Gasteiger partial charge is 0.352 e. The van der Waals surface area contributed by atoms with E-state index in [1.807, 2.05) is 37.5 Å². The standard InChI is InChI=1S/C18H17ClN4O/c1-23-12-15(11-22-23)17-7-4-14(9-20-17)10-21-18(24)8-13-2-5-16(19)6-3-13/h2-7,9,11-12H,8,10H2,1H3,(H,21,24). The van der Waals surface area contributed by atoms with Crippen molar-refractivity contribution in [3.05, 3.63) is 71.1 Å². The molecule has 0 spiro atoms. The fourth-order valence-corrected chi connectivity index (χ4v) is 2.43. The van der Waals surface area contributed by atoms with E-state index in [1.54, 1.807) is 29.2 Å². The lowest BCUT2D eigenvalue weighted by Gasteiger charge is -2.06. The van der Waals surface area contributed by atoms with Crippen LogP contribution in [0.5, 0.6) is 0 Å². The molecular weight excluding hydrogens is 324 g/mol. The number of aromatic nitrogens is 3. The Morgan fingerprint density at radius 1 is 1.12 bits per heavy atom. The van der Waals surface area contributed by atoms with Crippen LogP contribution >= 0.6 is 11.6 Å². The highest BCUT2D eigenvalue weighted by Crippen LogP contribution is 2.15. The van der Waals surface area contributed by atoms with Crippen molar-refractivity contribution in [3.8, 4) is 11.3 Å². The number of nitrogens with zero attached hydrogens (tertiary/aromatic N) is 3. The Labute approximate surface area is 145 Å². The van der Waals surface area contributed by atoms with Gasteiger partial charge in [-0.1, -0.05) is 29.8 Å². The Morgan fingerprint density at radius 3 is 2.50 bits per heavy atom. The van der Waals surface area contributed by atoms with Crippen molar-refractivity contribution in [3.63, 3.8) is 0 Å². The second-order valence-corrected chi connectivity index (χ2v) is 5.97. The quantitative estimate of drug-likeness (QED) is 0.776. The van der Waals surface area contributed by atoms with Gasteiger partial charge in [-0.05, 0) is 29.3 Å². The molecule has 122 valence electrons. The van der Waals surface area contributed by atoms with Crippen LogP contribution in [0.1, 0.15) is 11.1 Å². The summed E-state index contributed by atoms with van der Waals surface area (Å²) in [5, 5.41) is 7.69. The zero-order chi connectivity index (χ0) is 16.9. The van der Waals surface area contributed by atoms with E-state index in [4.69, 9.17) is 11.6 Å². The summed E-state index contributed by atoms with van der Waals surface area (Å²) in [7, 11) is 1.87. The summed E-state index contributed by atoms with van der Waals surface area (Å²) in [6.45, 7) is 0.451. The molecule has 1 aromatic carbocycles. The molecule has 2 aromatic heterocycles. The molecule has 5 nitrogen and oxygen atoms in total. The van der Waals surface area contributed by atoms with Crippen LogP contribution < -0.4 is 5.32 Å². The Hall–Kier alpha value is -2.66. The maximum atomic E-state index is 12.0. The first-order valence-corrected chi connectivity index (χ1v) is 7.93. The number of amides is 1. The number of carbonyl (C=O) groups excluding carboxylic acids is 1. The molecule has 0 aliphatic carbocycles. The highest BCUT2D eigenvalue weighted by atomic mass is 35.5. The summed E-state index contributed by atoms with van der Waals surface area (Å²) in [4.78, 5) is 16.4. The van der Waals surface area contributed by atoms with E-state index in [0.717, 1.165) is 22.4 Å². The fourth-order valence-electron chi connectivity index (χ4n) is 2.30. The van der Waals surface area contributed by atoms with Crippen LogP contribution in [0.3, 0.4) is 0 Å². The van der Waals surface area contributed by atoms with E-state index in [1.165, 1.54) is 0 Å². The maximum absolute atomic E-state index is 12.0. The third-order valence-corrected chi connectivity index (χ3v) is 3.84. The molecule has 0 saturated carbocycles. The second kappa shape index (κ2) is 7.27. The molecular formula is C18H17ClN4O. The minimum atomic E-state index is -0.0336. The topological polar surface area (TPSA) is 59.8 Å². The number of aryl methyl sites for hydroxylation is 1. The zero-order valence-corrected chi connectivity index (χ0v) is 14.0. The summed E-state index contributed by atoms with van der Waals surface area (Å²) in [6.07, 6.45) is 5.79. The molecule has 0 atom stereocenters.